The normalized spacial score (nSPS) is 19.3. The molecule has 0 aromatic carbocycles. The lowest BCUT2D eigenvalue weighted by molar-refractivity contribution is -0.131. The van der Waals surface area contributed by atoms with Crippen LogP contribution < -0.4 is 0 Å². The minimum atomic E-state index is 0.227. The molecule has 0 radical (unpaired) electrons. The maximum absolute atomic E-state index is 12.3. The summed E-state index contributed by atoms with van der Waals surface area (Å²) in [4.78, 5) is 22.3. The number of aromatic nitrogens is 2. The van der Waals surface area contributed by atoms with Crippen LogP contribution in [0, 0.1) is 0 Å². The van der Waals surface area contributed by atoms with Gasteiger partial charge in [-0.25, -0.2) is 9.97 Å². The van der Waals surface area contributed by atoms with Gasteiger partial charge in [0.15, 0.2) is 0 Å². The Bertz CT molecular complexity index is 425. The first-order valence-electron chi connectivity index (χ1n) is 7.94. The van der Waals surface area contributed by atoms with Gasteiger partial charge in [0.05, 0.1) is 6.10 Å². The molecule has 0 saturated carbocycles. The van der Waals surface area contributed by atoms with E-state index in [1.165, 1.54) is 6.33 Å². The van der Waals surface area contributed by atoms with Crippen LogP contribution in [-0.4, -0.2) is 46.6 Å². The molecule has 0 spiro atoms. The van der Waals surface area contributed by atoms with Crippen LogP contribution in [0.3, 0.4) is 0 Å². The zero-order valence-electron chi connectivity index (χ0n) is 12.8. The first-order valence-corrected chi connectivity index (χ1v) is 7.94. The summed E-state index contributed by atoms with van der Waals surface area (Å²) in [6.45, 7) is 4.62. The fourth-order valence-electron chi connectivity index (χ4n) is 2.63. The maximum Gasteiger partial charge on any atom is 0.222 e. The molecule has 0 bridgehead atoms. The summed E-state index contributed by atoms with van der Waals surface area (Å²) in [5.41, 5.74) is 0.928. The molecule has 21 heavy (non-hydrogen) atoms. The molecule has 0 N–H and O–H groups in total. The number of ether oxygens (including phenoxy) is 1. The van der Waals surface area contributed by atoms with E-state index >= 15 is 0 Å². The Balaban J connectivity index is 1.75. The molecule has 5 heteroatoms. The predicted molar refractivity (Wildman–Crippen MR) is 80.8 cm³/mol. The van der Waals surface area contributed by atoms with Crippen LogP contribution in [0.25, 0.3) is 0 Å². The van der Waals surface area contributed by atoms with Gasteiger partial charge in [0, 0.05) is 38.0 Å². The average molecular weight is 291 g/mol. The van der Waals surface area contributed by atoms with Crippen molar-refractivity contribution >= 4 is 5.91 Å². The number of amides is 1. The molecule has 116 valence electrons. The highest BCUT2D eigenvalue weighted by atomic mass is 16.5. The van der Waals surface area contributed by atoms with Crippen molar-refractivity contribution in [2.45, 2.75) is 51.6 Å². The van der Waals surface area contributed by atoms with Crippen LogP contribution in [0.5, 0.6) is 0 Å². The van der Waals surface area contributed by atoms with Crippen molar-refractivity contribution in [1.82, 2.24) is 14.9 Å². The number of likely N-dealkylation sites (tertiary alicyclic amines) is 1. The summed E-state index contributed by atoms with van der Waals surface area (Å²) in [5, 5.41) is 0. The summed E-state index contributed by atoms with van der Waals surface area (Å²) in [7, 11) is 0. The summed E-state index contributed by atoms with van der Waals surface area (Å²) >= 11 is 0. The SMILES string of the molecule is CCCOC1CCCN(C(=O)CCc2ccncn2)CC1. The van der Waals surface area contributed by atoms with Gasteiger partial charge < -0.3 is 9.64 Å². The van der Waals surface area contributed by atoms with Crippen LogP contribution in [-0.2, 0) is 16.0 Å². The second-order valence-corrected chi connectivity index (χ2v) is 5.51. The lowest BCUT2D eigenvalue weighted by Gasteiger charge is -2.20. The van der Waals surface area contributed by atoms with Crippen molar-refractivity contribution in [1.29, 1.82) is 0 Å². The number of hydrogen-bond acceptors (Lipinski definition) is 4. The number of hydrogen-bond donors (Lipinski definition) is 0. The van der Waals surface area contributed by atoms with E-state index in [1.54, 1.807) is 6.20 Å². The Labute approximate surface area is 126 Å². The van der Waals surface area contributed by atoms with Gasteiger partial charge in [-0.1, -0.05) is 6.92 Å². The molecule has 2 rings (SSSR count). The highest BCUT2D eigenvalue weighted by Gasteiger charge is 2.20. The monoisotopic (exact) mass is 291 g/mol. The van der Waals surface area contributed by atoms with Crippen LogP contribution in [0.2, 0.25) is 0 Å². The molecule has 2 heterocycles. The van der Waals surface area contributed by atoms with Crippen molar-refractivity contribution < 1.29 is 9.53 Å². The van der Waals surface area contributed by atoms with Gasteiger partial charge in [-0.2, -0.15) is 0 Å². The summed E-state index contributed by atoms with van der Waals surface area (Å²) in [6.07, 6.45) is 8.89. The second kappa shape index (κ2) is 8.72. The third-order valence-corrected chi connectivity index (χ3v) is 3.82. The Morgan fingerprint density at radius 1 is 1.43 bits per heavy atom. The van der Waals surface area contributed by atoms with E-state index in [0.29, 0.717) is 18.9 Å². The maximum atomic E-state index is 12.3. The smallest absolute Gasteiger partial charge is 0.222 e. The van der Waals surface area contributed by atoms with E-state index in [-0.39, 0.29) is 5.91 Å². The molecule has 1 saturated heterocycles. The van der Waals surface area contributed by atoms with Gasteiger partial charge in [0.1, 0.15) is 6.33 Å². The van der Waals surface area contributed by atoms with Crippen molar-refractivity contribution in [3.63, 3.8) is 0 Å². The first-order chi connectivity index (χ1) is 10.3. The lowest BCUT2D eigenvalue weighted by Crippen LogP contribution is -2.32. The predicted octanol–water partition coefficient (Wildman–Crippen LogP) is 2.22. The Hall–Kier alpha value is -1.49. The quantitative estimate of drug-likeness (QED) is 0.806. The number of carbonyl (C=O) groups excluding carboxylic acids is 1. The van der Waals surface area contributed by atoms with Crippen molar-refractivity contribution in [3.8, 4) is 0 Å². The third-order valence-electron chi connectivity index (χ3n) is 3.82. The second-order valence-electron chi connectivity index (χ2n) is 5.51. The number of nitrogens with zero attached hydrogens (tertiary/aromatic N) is 3. The molecular weight excluding hydrogens is 266 g/mol. The molecule has 1 aromatic heterocycles. The van der Waals surface area contributed by atoms with Crippen LogP contribution in [0.4, 0.5) is 0 Å². The molecule has 0 aliphatic carbocycles. The van der Waals surface area contributed by atoms with E-state index < -0.39 is 0 Å². The minimum Gasteiger partial charge on any atom is -0.378 e. The van der Waals surface area contributed by atoms with Gasteiger partial charge in [-0.3, -0.25) is 4.79 Å². The van der Waals surface area contributed by atoms with Gasteiger partial charge >= 0.3 is 0 Å². The number of rotatable bonds is 6. The topological polar surface area (TPSA) is 55.3 Å². The summed E-state index contributed by atoms with van der Waals surface area (Å²) in [5.74, 6) is 0.227. The molecule has 1 aromatic rings. The number of carbonyl (C=O) groups is 1. The Morgan fingerprint density at radius 2 is 2.33 bits per heavy atom. The summed E-state index contributed by atoms with van der Waals surface area (Å²) < 4.78 is 5.81. The van der Waals surface area contributed by atoms with Gasteiger partial charge in [-0.05, 0) is 38.2 Å². The standard InChI is InChI=1S/C16H25N3O2/c1-2-12-21-15-4-3-10-19(11-8-15)16(20)6-5-14-7-9-17-13-18-14/h7,9,13,15H,2-6,8,10-12H2,1H3. The first kappa shape index (κ1) is 15.9. The average Bonchev–Trinajstić information content (AvgIpc) is 2.77. The van der Waals surface area contributed by atoms with E-state index in [2.05, 4.69) is 16.9 Å². The van der Waals surface area contributed by atoms with Crippen molar-refractivity contribution in [2.75, 3.05) is 19.7 Å². The van der Waals surface area contributed by atoms with Gasteiger partial charge in [0.2, 0.25) is 5.91 Å². The molecule has 1 amide bonds. The van der Waals surface area contributed by atoms with E-state index in [0.717, 1.165) is 51.1 Å². The van der Waals surface area contributed by atoms with E-state index in [4.69, 9.17) is 4.74 Å². The molecule has 1 unspecified atom stereocenters. The lowest BCUT2D eigenvalue weighted by atomic mass is 10.1. The zero-order valence-corrected chi connectivity index (χ0v) is 12.8. The number of aryl methyl sites for hydroxylation is 1. The van der Waals surface area contributed by atoms with Crippen molar-refractivity contribution in [3.05, 3.63) is 24.3 Å². The highest BCUT2D eigenvalue weighted by molar-refractivity contribution is 5.76. The van der Waals surface area contributed by atoms with E-state index in [9.17, 15) is 4.79 Å². The van der Waals surface area contributed by atoms with Crippen LogP contribution in [0.15, 0.2) is 18.6 Å². The zero-order chi connectivity index (χ0) is 14.9. The highest BCUT2D eigenvalue weighted by Crippen LogP contribution is 2.15. The molecule has 1 atom stereocenters. The molecule has 1 fully saturated rings. The van der Waals surface area contributed by atoms with Crippen molar-refractivity contribution in [2.24, 2.45) is 0 Å². The minimum absolute atomic E-state index is 0.227. The van der Waals surface area contributed by atoms with Crippen LogP contribution >= 0.6 is 0 Å². The van der Waals surface area contributed by atoms with E-state index in [1.807, 2.05) is 11.0 Å². The van der Waals surface area contributed by atoms with Gasteiger partial charge in [-0.15, -0.1) is 0 Å². The van der Waals surface area contributed by atoms with Gasteiger partial charge in [0.25, 0.3) is 0 Å². The Kier molecular flexibility index (Phi) is 6.60. The molecule has 5 nitrogen and oxygen atoms in total. The third kappa shape index (κ3) is 5.42. The van der Waals surface area contributed by atoms with Crippen LogP contribution in [0.1, 0.15) is 44.7 Å². The fraction of sp³-hybridized carbons (Fsp3) is 0.688. The molecular formula is C16H25N3O2. The molecule has 1 aliphatic rings. The fourth-order valence-corrected chi connectivity index (χ4v) is 2.63. The summed E-state index contributed by atoms with van der Waals surface area (Å²) in [6, 6.07) is 1.87. The largest absolute Gasteiger partial charge is 0.378 e. The molecule has 1 aliphatic heterocycles. The Morgan fingerprint density at radius 3 is 3.10 bits per heavy atom.